The van der Waals surface area contributed by atoms with Gasteiger partial charge < -0.3 is 4.74 Å². The largest absolute Gasteiger partial charge is 0.489 e. The molecule has 0 spiro atoms. The van der Waals surface area contributed by atoms with E-state index in [0.717, 1.165) is 0 Å². The number of para-hydroxylation sites is 1. The van der Waals surface area contributed by atoms with E-state index in [2.05, 4.69) is 11.3 Å². The first-order valence-corrected chi connectivity index (χ1v) is 10.7. The number of hydrogen-bond acceptors (Lipinski definition) is 4. The second-order valence-electron chi connectivity index (χ2n) is 7.43. The third kappa shape index (κ3) is 3.97. The van der Waals surface area contributed by atoms with E-state index in [0.29, 0.717) is 17.7 Å². The van der Waals surface area contributed by atoms with Crippen molar-refractivity contribution in [3.8, 4) is 5.75 Å². The first-order chi connectivity index (χ1) is 13.3. The molecule has 6 heteroatoms. The van der Waals surface area contributed by atoms with Crippen LogP contribution in [0.3, 0.4) is 0 Å². The Morgan fingerprint density at radius 1 is 1.25 bits per heavy atom. The van der Waals surface area contributed by atoms with Crippen LogP contribution in [0.4, 0.5) is 0 Å². The SMILES string of the molecule is C=C[C@@H]1C[C@@]1(C(=O)NS(=O)(=O)c1cccc(COc2ccccc2)c1)C(C)C. The van der Waals surface area contributed by atoms with Gasteiger partial charge in [-0.3, -0.25) is 4.79 Å². The normalized spacial score (nSPS) is 21.2. The molecule has 1 aliphatic rings. The van der Waals surface area contributed by atoms with Crippen molar-refractivity contribution in [2.75, 3.05) is 0 Å². The number of sulfonamides is 1. The number of rotatable bonds is 8. The zero-order valence-electron chi connectivity index (χ0n) is 16.1. The molecule has 148 valence electrons. The van der Waals surface area contributed by atoms with Gasteiger partial charge in [-0.05, 0) is 48.1 Å². The van der Waals surface area contributed by atoms with Gasteiger partial charge in [0.15, 0.2) is 0 Å². The van der Waals surface area contributed by atoms with Crippen molar-refractivity contribution < 1.29 is 17.9 Å². The standard InChI is InChI=1S/C22H25NO4S/c1-4-18-14-22(18,16(2)3)21(24)23-28(25,26)20-12-8-9-17(13-20)15-27-19-10-6-5-7-11-19/h4-13,16,18H,1,14-15H2,2-3H3,(H,23,24)/t18-,22-/m1/s1. The van der Waals surface area contributed by atoms with Crippen molar-refractivity contribution >= 4 is 15.9 Å². The van der Waals surface area contributed by atoms with Crippen molar-refractivity contribution in [1.29, 1.82) is 0 Å². The van der Waals surface area contributed by atoms with Crippen LogP contribution in [-0.4, -0.2) is 14.3 Å². The molecule has 2 aromatic carbocycles. The minimum Gasteiger partial charge on any atom is -0.489 e. The van der Waals surface area contributed by atoms with Gasteiger partial charge in [0.05, 0.1) is 10.3 Å². The van der Waals surface area contributed by atoms with Crippen LogP contribution in [0.1, 0.15) is 25.8 Å². The third-order valence-electron chi connectivity index (χ3n) is 5.38. The molecule has 2 aromatic rings. The van der Waals surface area contributed by atoms with Crippen LogP contribution in [0.15, 0.2) is 72.1 Å². The molecular weight excluding hydrogens is 374 g/mol. The molecule has 0 heterocycles. The lowest BCUT2D eigenvalue weighted by molar-refractivity contribution is -0.126. The predicted octanol–water partition coefficient (Wildman–Crippen LogP) is 3.92. The molecule has 1 amide bonds. The van der Waals surface area contributed by atoms with Crippen LogP contribution >= 0.6 is 0 Å². The summed E-state index contributed by atoms with van der Waals surface area (Å²) in [5, 5.41) is 0. The number of benzene rings is 2. The van der Waals surface area contributed by atoms with Crippen molar-refractivity contribution in [2.45, 2.75) is 31.8 Å². The number of nitrogens with one attached hydrogen (secondary N) is 1. The van der Waals surface area contributed by atoms with Crippen LogP contribution in [-0.2, 0) is 21.4 Å². The van der Waals surface area contributed by atoms with Crippen LogP contribution < -0.4 is 9.46 Å². The van der Waals surface area contributed by atoms with Crippen LogP contribution in [0.5, 0.6) is 5.75 Å². The van der Waals surface area contributed by atoms with E-state index in [-0.39, 0.29) is 23.3 Å². The summed E-state index contributed by atoms with van der Waals surface area (Å²) >= 11 is 0. The summed E-state index contributed by atoms with van der Waals surface area (Å²) in [6.07, 6.45) is 2.36. The number of hydrogen-bond donors (Lipinski definition) is 1. The minimum atomic E-state index is -3.96. The molecule has 0 unspecified atom stereocenters. The van der Waals surface area contributed by atoms with Crippen molar-refractivity contribution in [1.82, 2.24) is 4.72 Å². The molecule has 2 atom stereocenters. The summed E-state index contributed by atoms with van der Waals surface area (Å²) in [6.45, 7) is 7.84. The van der Waals surface area contributed by atoms with Crippen molar-refractivity contribution in [2.24, 2.45) is 17.3 Å². The zero-order valence-corrected chi connectivity index (χ0v) is 16.9. The summed E-state index contributed by atoms with van der Waals surface area (Å²) in [5.74, 6) is 0.273. The lowest BCUT2D eigenvalue weighted by atomic mass is 9.89. The van der Waals surface area contributed by atoms with E-state index in [1.54, 1.807) is 18.2 Å². The molecule has 0 aromatic heterocycles. The average Bonchev–Trinajstić information content (AvgIpc) is 3.43. The summed E-state index contributed by atoms with van der Waals surface area (Å²) < 4.78 is 33.5. The topological polar surface area (TPSA) is 72.5 Å². The fourth-order valence-corrected chi connectivity index (χ4v) is 4.66. The quantitative estimate of drug-likeness (QED) is 0.683. The summed E-state index contributed by atoms with van der Waals surface area (Å²) in [6, 6.07) is 15.7. The van der Waals surface area contributed by atoms with Gasteiger partial charge in [0.25, 0.3) is 10.0 Å². The Kier molecular flexibility index (Phi) is 5.61. The average molecular weight is 400 g/mol. The van der Waals surface area contributed by atoms with Gasteiger partial charge in [-0.1, -0.05) is 50.3 Å². The molecule has 28 heavy (non-hydrogen) atoms. The Hall–Kier alpha value is -2.60. The highest BCUT2D eigenvalue weighted by molar-refractivity contribution is 7.90. The van der Waals surface area contributed by atoms with Gasteiger partial charge in [0.1, 0.15) is 12.4 Å². The lowest BCUT2D eigenvalue weighted by Crippen LogP contribution is -2.40. The molecule has 0 bridgehead atoms. The highest BCUT2D eigenvalue weighted by Crippen LogP contribution is 2.58. The summed E-state index contributed by atoms with van der Waals surface area (Å²) in [5.41, 5.74) is 0.0104. The Morgan fingerprint density at radius 3 is 2.57 bits per heavy atom. The van der Waals surface area contributed by atoms with E-state index < -0.39 is 21.3 Å². The van der Waals surface area contributed by atoms with E-state index in [4.69, 9.17) is 4.74 Å². The second-order valence-corrected chi connectivity index (χ2v) is 9.11. The Labute approximate surface area is 166 Å². The maximum Gasteiger partial charge on any atom is 0.264 e. The van der Waals surface area contributed by atoms with E-state index >= 15 is 0 Å². The van der Waals surface area contributed by atoms with Gasteiger partial charge in [-0.25, -0.2) is 13.1 Å². The Morgan fingerprint density at radius 2 is 1.96 bits per heavy atom. The number of carbonyl (C=O) groups excluding carboxylic acids is 1. The van der Waals surface area contributed by atoms with Crippen LogP contribution in [0.2, 0.25) is 0 Å². The molecule has 1 N–H and O–H groups in total. The fraction of sp³-hybridized carbons (Fsp3) is 0.318. The monoisotopic (exact) mass is 399 g/mol. The molecular formula is C22H25NO4S. The van der Waals surface area contributed by atoms with Gasteiger partial charge in [-0.15, -0.1) is 6.58 Å². The smallest absolute Gasteiger partial charge is 0.264 e. The van der Waals surface area contributed by atoms with Gasteiger partial charge in [0.2, 0.25) is 5.91 Å². The van der Waals surface area contributed by atoms with E-state index in [1.807, 2.05) is 44.2 Å². The number of carbonyl (C=O) groups is 1. The molecule has 0 aliphatic heterocycles. The molecule has 5 nitrogen and oxygen atoms in total. The molecule has 0 saturated heterocycles. The lowest BCUT2D eigenvalue weighted by Gasteiger charge is -2.20. The molecule has 1 aliphatic carbocycles. The second kappa shape index (κ2) is 7.80. The number of ether oxygens (including phenoxy) is 1. The minimum absolute atomic E-state index is 0.00769. The fourth-order valence-electron chi connectivity index (χ4n) is 3.55. The zero-order chi connectivity index (χ0) is 20.4. The maximum atomic E-state index is 12.8. The molecule has 1 saturated carbocycles. The first-order valence-electron chi connectivity index (χ1n) is 9.26. The van der Waals surface area contributed by atoms with E-state index in [9.17, 15) is 13.2 Å². The third-order valence-corrected chi connectivity index (χ3v) is 6.71. The molecule has 0 radical (unpaired) electrons. The van der Waals surface area contributed by atoms with E-state index in [1.165, 1.54) is 12.1 Å². The first kappa shape index (κ1) is 20.1. The molecule has 1 fully saturated rings. The van der Waals surface area contributed by atoms with Crippen LogP contribution in [0, 0.1) is 17.3 Å². The molecule has 3 rings (SSSR count). The number of amides is 1. The van der Waals surface area contributed by atoms with Crippen LogP contribution in [0.25, 0.3) is 0 Å². The highest BCUT2D eigenvalue weighted by Gasteiger charge is 2.60. The van der Waals surface area contributed by atoms with Gasteiger partial charge in [-0.2, -0.15) is 0 Å². The summed E-state index contributed by atoms with van der Waals surface area (Å²) in [4.78, 5) is 12.8. The maximum absolute atomic E-state index is 12.8. The van der Waals surface area contributed by atoms with Gasteiger partial charge in [0, 0.05) is 0 Å². The Balaban J connectivity index is 1.73. The highest BCUT2D eigenvalue weighted by atomic mass is 32.2. The van der Waals surface area contributed by atoms with Gasteiger partial charge >= 0.3 is 0 Å². The Bertz CT molecular complexity index is 969. The van der Waals surface area contributed by atoms with Crippen molar-refractivity contribution in [3.63, 3.8) is 0 Å². The van der Waals surface area contributed by atoms with Crippen molar-refractivity contribution in [3.05, 3.63) is 72.8 Å². The predicted molar refractivity (Wildman–Crippen MR) is 108 cm³/mol. The number of allylic oxidation sites excluding steroid dienone is 1. The summed E-state index contributed by atoms with van der Waals surface area (Å²) in [7, 11) is -3.96.